The number of carboxylic acid groups (broad SMARTS) is 1. The molecule has 1 aliphatic heterocycles. The molecule has 2 fully saturated rings. The number of hydrogen-bond acceptors (Lipinski definition) is 4. The summed E-state index contributed by atoms with van der Waals surface area (Å²) in [4.78, 5) is 24.5. The number of rotatable bonds is 2. The van der Waals surface area contributed by atoms with Crippen LogP contribution in [0.25, 0.3) is 0 Å². The van der Waals surface area contributed by atoms with Crippen LogP contribution in [0.3, 0.4) is 0 Å². The highest BCUT2D eigenvalue weighted by Gasteiger charge is 2.31. The highest BCUT2D eigenvalue weighted by atomic mass is 16.5. The van der Waals surface area contributed by atoms with Crippen molar-refractivity contribution in [2.24, 2.45) is 0 Å². The monoisotopic (exact) mass is 286 g/mol. The average molecular weight is 286 g/mol. The zero-order chi connectivity index (χ0) is 14.5. The van der Waals surface area contributed by atoms with Crippen molar-refractivity contribution in [2.75, 3.05) is 19.7 Å². The Hall–Kier alpha value is -1.34. The third-order valence-electron chi connectivity index (χ3n) is 3.92. The normalized spacial score (nSPS) is 31.4. The van der Waals surface area contributed by atoms with E-state index in [1.54, 1.807) is 0 Å². The van der Waals surface area contributed by atoms with Crippen molar-refractivity contribution in [3.05, 3.63) is 0 Å². The summed E-state index contributed by atoms with van der Waals surface area (Å²) in [5.74, 6) is -1.06. The Morgan fingerprint density at radius 2 is 1.95 bits per heavy atom. The number of ether oxygens (including phenoxy) is 1. The summed E-state index contributed by atoms with van der Waals surface area (Å²) < 4.78 is 5.08. The number of carboxylic acids is 1. The maximum Gasteiger partial charge on any atom is 0.334 e. The summed E-state index contributed by atoms with van der Waals surface area (Å²) in [6.07, 6.45) is 3.02. The molecule has 0 radical (unpaired) electrons. The molecule has 3 unspecified atom stereocenters. The molecule has 1 saturated carbocycles. The molecule has 0 aromatic carbocycles. The van der Waals surface area contributed by atoms with Gasteiger partial charge >= 0.3 is 12.0 Å². The van der Waals surface area contributed by atoms with Gasteiger partial charge in [-0.1, -0.05) is 19.3 Å². The Morgan fingerprint density at radius 1 is 1.20 bits per heavy atom. The molecule has 0 bridgehead atoms. The molecule has 1 aliphatic carbocycles. The number of carbonyl (C=O) groups excluding carboxylic acids is 1. The second-order valence-electron chi connectivity index (χ2n) is 5.41. The van der Waals surface area contributed by atoms with E-state index < -0.39 is 18.2 Å². The van der Waals surface area contributed by atoms with Crippen molar-refractivity contribution in [2.45, 2.75) is 50.4 Å². The fraction of sp³-hybridized carbons (Fsp3) is 0.846. The van der Waals surface area contributed by atoms with Gasteiger partial charge in [-0.05, 0) is 12.8 Å². The van der Waals surface area contributed by atoms with Crippen LogP contribution in [0.1, 0.15) is 32.1 Å². The molecule has 7 nitrogen and oxygen atoms in total. The van der Waals surface area contributed by atoms with Gasteiger partial charge in [-0.3, -0.25) is 0 Å². The molecular formula is C13H22N2O5. The topological polar surface area (TPSA) is 99.1 Å². The van der Waals surface area contributed by atoms with Crippen LogP contribution in [0.2, 0.25) is 0 Å². The van der Waals surface area contributed by atoms with Gasteiger partial charge in [0.2, 0.25) is 0 Å². The summed E-state index contributed by atoms with van der Waals surface area (Å²) in [5, 5.41) is 21.7. The first-order valence-corrected chi connectivity index (χ1v) is 7.16. The summed E-state index contributed by atoms with van der Waals surface area (Å²) in [6.45, 7) is 0.639. The first-order valence-electron chi connectivity index (χ1n) is 7.16. The van der Waals surface area contributed by atoms with Crippen molar-refractivity contribution in [3.8, 4) is 0 Å². The highest BCUT2D eigenvalue weighted by molar-refractivity contribution is 5.77. The van der Waals surface area contributed by atoms with Crippen molar-refractivity contribution >= 4 is 12.0 Å². The van der Waals surface area contributed by atoms with Crippen LogP contribution in [0.15, 0.2) is 0 Å². The van der Waals surface area contributed by atoms with E-state index in [1.165, 1.54) is 4.90 Å². The minimum atomic E-state index is -1.06. The Morgan fingerprint density at radius 3 is 2.70 bits per heavy atom. The van der Waals surface area contributed by atoms with Crippen molar-refractivity contribution in [3.63, 3.8) is 0 Å². The molecular weight excluding hydrogens is 264 g/mol. The Bertz CT molecular complexity index is 363. The standard InChI is InChI=1S/C13H22N2O5/c16-10-5-3-1-2-4-9(10)14-13(19)15-6-7-20-11(8-15)12(17)18/h9-11,16H,1-8H2,(H,14,19)(H,17,18). The fourth-order valence-corrected chi connectivity index (χ4v) is 2.69. The lowest BCUT2D eigenvalue weighted by atomic mass is 10.1. The quantitative estimate of drug-likeness (QED) is 0.629. The molecule has 0 spiro atoms. The van der Waals surface area contributed by atoms with Crippen LogP contribution < -0.4 is 5.32 Å². The maximum absolute atomic E-state index is 12.1. The van der Waals surface area contributed by atoms with Crippen LogP contribution in [0.5, 0.6) is 0 Å². The van der Waals surface area contributed by atoms with Crippen LogP contribution in [-0.4, -0.2) is 65.1 Å². The molecule has 3 N–H and O–H groups in total. The average Bonchev–Trinajstić information content (AvgIpc) is 2.64. The molecule has 2 amide bonds. The molecule has 2 aliphatic rings. The van der Waals surface area contributed by atoms with Gasteiger partial charge in [0, 0.05) is 6.54 Å². The lowest BCUT2D eigenvalue weighted by Crippen LogP contribution is -2.55. The Kier molecular flexibility index (Phi) is 5.19. The van der Waals surface area contributed by atoms with E-state index in [0.717, 1.165) is 25.7 Å². The first kappa shape index (κ1) is 15.1. The summed E-state index contributed by atoms with van der Waals surface area (Å²) >= 11 is 0. The third kappa shape index (κ3) is 3.83. The number of aliphatic hydroxyl groups is 1. The van der Waals surface area contributed by atoms with Gasteiger partial charge in [0.15, 0.2) is 6.10 Å². The van der Waals surface area contributed by atoms with Crippen molar-refractivity contribution in [1.29, 1.82) is 0 Å². The van der Waals surface area contributed by atoms with Crippen LogP contribution in [-0.2, 0) is 9.53 Å². The van der Waals surface area contributed by atoms with Crippen molar-refractivity contribution < 1.29 is 24.5 Å². The minimum Gasteiger partial charge on any atom is -0.479 e. The molecule has 2 rings (SSSR count). The molecule has 1 heterocycles. The Labute approximate surface area is 117 Å². The van der Waals surface area contributed by atoms with E-state index in [2.05, 4.69) is 5.32 Å². The van der Waals surface area contributed by atoms with Gasteiger partial charge in [0.05, 0.1) is 25.3 Å². The second kappa shape index (κ2) is 6.90. The Balaban J connectivity index is 1.88. The number of morpholine rings is 1. The first-order chi connectivity index (χ1) is 9.58. The van der Waals surface area contributed by atoms with E-state index in [4.69, 9.17) is 9.84 Å². The predicted molar refractivity (Wildman–Crippen MR) is 70.4 cm³/mol. The largest absolute Gasteiger partial charge is 0.479 e. The van der Waals surface area contributed by atoms with Gasteiger partial charge in [-0.25, -0.2) is 9.59 Å². The van der Waals surface area contributed by atoms with E-state index >= 15 is 0 Å². The minimum absolute atomic E-state index is 0.0456. The molecule has 1 saturated heterocycles. The number of amides is 2. The fourth-order valence-electron chi connectivity index (χ4n) is 2.69. The molecule has 3 atom stereocenters. The van der Waals surface area contributed by atoms with Gasteiger partial charge in [-0.2, -0.15) is 0 Å². The molecule has 7 heteroatoms. The van der Waals surface area contributed by atoms with Crippen LogP contribution in [0.4, 0.5) is 4.79 Å². The van der Waals surface area contributed by atoms with Gasteiger partial charge in [0.25, 0.3) is 0 Å². The third-order valence-corrected chi connectivity index (χ3v) is 3.92. The summed E-state index contributed by atoms with van der Waals surface area (Å²) in [5.41, 5.74) is 0. The highest BCUT2D eigenvalue weighted by Crippen LogP contribution is 2.18. The van der Waals surface area contributed by atoms with Crippen molar-refractivity contribution in [1.82, 2.24) is 10.2 Å². The van der Waals surface area contributed by atoms with E-state index in [1.807, 2.05) is 0 Å². The SMILES string of the molecule is O=C(O)C1CN(C(=O)NC2CCCCCC2O)CCO1. The van der Waals surface area contributed by atoms with Crippen LogP contribution >= 0.6 is 0 Å². The van der Waals surface area contributed by atoms with E-state index in [9.17, 15) is 14.7 Å². The number of aliphatic hydroxyl groups excluding tert-OH is 1. The van der Waals surface area contributed by atoms with Gasteiger partial charge in [-0.15, -0.1) is 0 Å². The second-order valence-corrected chi connectivity index (χ2v) is 5.41. The number of urea groups is 1. The molecule has 114 valence electrons. The summed E-state index contributed by atoms with van der Waals surface area (Å²) in [7, 11) is 0. The number of nitrogens with one attached hydrogen (secondary N) is 1. The molecule has 0 aromatic heterocycles. The van der Waals surface area contributed by atoms with Gasteiger partial charge < -0.3 is 25.2 Å². The van der Waals surface area contributed by atoms with E-state index in [-0.39, 0.29) is 25.2 Å². The zero-order valence-corrected chi connectivity index (χ0v) is 11.5. The van der Waals surface area contributed by atoms with E-state index in [0.29, 0.717) is 13.0 Å². The zero-order valence-electron chi connectivity index (χ0n) is 11.5. The lowest BCUT2D eigenvalue weighted by Gasteiger charge is -2.33. The maximum atomic E-state index is 12.1. The summed E-state index contributed by atoms with van der Waals surface area (Å²) in [6, 6.07) is -0.554. The number of hydrogen-bond donors (Lipinski definition) is 3. The lowest BCUT2D eigenvalue weighted by molar-refractivity contribution is -0.154. The number of aliphatic carboxylic acids is 1. The molecule has 20 heavy (non-hydrogen) atoms. The smallest absolute Gasteiger partial charge is 0.334 e. The number of nitrogens with zero attached hydrogens (tertiary/aromatic N) is 1. The van der Waals surface area contributed by atoms with Gasteiger partial charge in [0.1, 0.15) is 0 Å². The molecule has 0 aromatic rings. The number of carbonyl (C=O) groups is 2. The predicted octanol–water partition coefficient (Wildman–Crippen LogP) is 0.175. The van der Waals surface area contributed by atoms with Crippen LogP contribution in [0, 0.1) is 0 Å².